The number of carboxylic acids is 4. The third kappa shape index (κ3) is 46.2. The first-order valence-corrected chi connectivity index (χ1v) is 23.6. The topological polar surface area (TPSA) is 149 Å². The first-order valence-electron chi connectivity index (χ1n) is 19.6. The molecule has 0 atom stereocenters. The summed E-state index contributed by atoms with van der Waals surface area (Å²) >= 11 is 0.149. The fourth-order valence-corrected chi connectivity index (χ4v) is 9.27. The zero-order valence-corrected chi connectivity index (χ0v) is 34.7. The van der Waals surface area contributed by atoms with Crippen molar-refractivity contribution < 1.29 is 39.6 Å². The normalized spacial score (nSPS) is 11.3. The number of carboxylic acid groups (broad SMARTS) is 4. The summed E-state index contributed by atoms with van der Waals surface area (Å²) in [5.41, 5.74) is -0.00543. The minimum absolute atomic E-state index is 0.00272. The molecule has 0 bridgehead atoms. The Morgan fingerprint density at radius 2 is 0.633 bits per heavy atom. The van der Waals surface area contributed by atoms with Gasteiger partial charge in [0.1, 0.15) is 0 Å². The summed E-state index contributed by atoms with van der Waals surface area (Å²) in [6.07, 6.45) is 31.8. The fraction of sp³-hybridized carbons (Fsp3) is 0.800. The van der Waals surface area contributed by atoms with Crippen LogP contribution in [0.2, 0.25) is 8.87 Å². The molecule has 0 amide bonds. The predicted molar refractivity (Wildman–Crippen MR) is 205 cm³/mol. The van der Waals surface area contributed by atoms with Gasteiger partial charge in [-0.15, -0.1) is 0 Å². The van der Waals surface area contributed by atoms with Crippen LogP contribution >= 0.6 is 0 Å². The molecule has 2 radical (unpaired) electrons. The van der Waals surface area contributed by atoms with Gasteiger partial charge in [0.05, 0.1) is 0 Å². The van der Waals surface area contributed by atoms with Crippen molar-refractivity contribution in [3.8, 4) is 0 Å². The standard InChI is InChI=1S/2C16H28O4.2C4H9.Sn/c2*1-2-3-4-5-6-7-8-9-10-11-12-14(16(19)20)13-15(17)18;2*1-3-4-2;/h2*13H,2-12H2,1H3,(H,17,18)(H,19,20);2*1,3-4H2,2H3;/b2*14-13-;;;. The molecule has 49 heavy (non-hydrogen) atoms. The number of rotatable bonds is 32. The Morgan fingerprint density at radius 1 is 0.388 bits per heavy atom. The van der Waals surface area contributed by atoms with E-state index in [-0.39, 0.29) is 32.3 Å². The Bertz CT molecular complexity index is 785. The third-order valence-electron chi connectivity index (χ3n) is 8.16. The van der Waals surface area contributed by atoms with E-state index in [2.05, 4.69) is 27.7 Å². The van der Waals surface area contributed by atoms with Crippen LogP contribution in [0.3, 0.4) is 0 Å². The second kappa shape index (κ2) is 42.3. The summed E-state index contributed by atoms with van der Waals surface area (Å²) in [7, 11) is 0. The van der Waals surface area contributed by atoms with Crippen LogP contribution in [0.4, 0.5) is 0 Å². The van der Waals surface area contributed by atoms with E-state index in [1.807, 2.05) is 0 Å². The zero-order valence-electron chi connectivity index (χ0n) is 31.9. The van der Waals surface area contributed by atoms with Crippen LogP contribution in [0.15, 0.2) is 23.3 Å². The van der Waals surface area contributed by atoms with Gasteiger partial charge in [0.15, 0.2) is 0 Å². The molecule has 0 fully saturated rings. The summed E-state index contributed by atoms with van der Waals surface area (Å²) in [4.78, 5) is 42.5. The van der Waals surface area contributed by atoms with Crippen molar-refractivity contribution in [1.82, 2.24) is 0 Å². The van der Waals surface area contributed by atoms with Gasteiger partial charge in [0, 0.05) is 23.3 Å². The molecular weight excluding hydrogens is 727 g/mol. The molecule has 4 N–H and O–H groups in total. The van der Waals surface area contributed by atoms with Crippen LogP contribution in [0.25, 0.3) is 0 Å². The third-order valence-corrected chi connectivity index (χ3v) is 12.2. The molecule has 0 heterocycles. The monoisotopic (exact) mass is 802 g/mol. The average Bonchev–Trinajstić information content (AvgIpc) is 3.05. The summed E-state index contributed by atoms with van der Waals surface area (Å²) in [6.45, 7) is 9.01. The molecule has 286 valence electrons. The molecule has 0 aliphatic carbocycles. The molecule has 0 aliphatic rings. The van der Waals surface area contributed by atoms with Gasteiger partial charge in [0.2, 0.25) is 0 Å². The Hall–Kier alpha value is -1.84. The molecule has 8 nitrogen and oxygen atoms in total. The van der Waals surface area contributed by atoms with Crippen molar-refractivity contribution in [2.45, 2.75) is 204 Å². The van der Waals surface area contributed by atoms with Gasteiger partial charge in [-0.2, -0.15) is 0 Å². The zero-order chi connectivity index (χ0) is 37.4. The Labute approximate surface area is 310 Å². The first kappa shape index (κ1) is 51.5. The van der Waals surface area contributed by atoms with E-state index in [9.17, 15) is 19.2 Å². The van der Waals surface area contributed by atoms with Crippen molar-refractivity contribution in [3.63, 3.8) is 0 Å². The maximum atomic E-state index is 10.8. The first-order chi connectivity index (χ1) is 23.6. The van der Waals surface area contributed by atoms with Crippen LogP contribution in [-0.4, -0.2) is 65.4 Å². The van der Waals surface area contributed by atoms with Gasteiger partial charge >= 0.3 is 93.4 Å². The molecule has 0 aromatic carbocycles. The van der Waals surface area contributed by atoms with E-state index in [0.29, 0.717) is 12.8 Å². The van der Waals surface area contributed by atoms with E-state index in [1.54, 1.807) is 8.87 Å². The van der Waals surface area contributed by atoms with Crippen LogP contribution in [0, 0.1) is 0 Å². The van der Waals surface area contributed by atoms with Crippen molar-refractivity contribution in [3.05, 3.63) is 23.3 Å². The SMILES string of the molecule is CCCCCCCCCCCC/C(=C/C(=O)O)C(=O)O.CCCCCCCCCCCC/C(=C/C(=O)O)C(=O)O.CCC[CH2][Sn][CH2]CCC. The summed E-state index contributed by atoms with van der Waals surface area (Å²) in [5.74, 6) is -4.62. The quantitative estimate of drug-likeness (QED) is 0.0298. The van der Waals surface area contributed by atoms with Crippen molar-refractivity contribution in [2.75, 3.05) is 0 Å². The minimum atomic E-state index is -1.19. The molecular formula is C40H74O8Sn. The van der Waals surface area contributed by atoms with Gasteiger partial charge in [-0.05, 0) is 25.7 Å². The average molecular weight is 802 g/mol. The van der Waals surface area contributed by atoms with E-state index in [1.165, 1.54) is 116 Å². The molecule has 0 saturated carbocycles. The van der Waals surface area contributed by atoms with Gasteiger partial charge < -0.3 is 20.4 Å². The predicted octanol–water partition coefficient (Wildman–Crippen LogP) is 11.9. The fourth-order valence-electron chi connectivity index (χ4n) is 5.11. The molecule has 0 rings (SSSR count). The van der Waals surface area contributed by atoms with Gasteiger partial charge in [-0.25, -0.2) is 19.2 Å². The van der Waals surface area contributed by atoms with E-state index >= 15 is 0 Å². The van der Waals surface area contributed by atoms with Crippen LogP contribution in [-0.2, 0) is 19.2 Å². The van der Waals surface area contributed by atoms with Gasteiger partial charge in [-0.1, -0.05) is 129 Å². The molecule has 0 aromatic heterocycles. The molecule has 0 aliphatic heterocycles. The number of hydrogen-bond donors (Lipinski definition) is 4. The Morgan fingerprint density at radius 3 is 0.857 bits per heavy atom. The maximum absolute atomic E-state index is 10.8. The Kier molecular flexibility index (Phi) is 44.5. The second-order valence-corrected chi connectivity index (χ2v) is 17.2. The molecule has 9 heteroatoms. The summed E-state index contributed by atoms with van der Waals surface area (Å²) in [5, 5.41) is 34.8. The second-order valence-electron chi connectivity index (χ2n) is 12.9. The number of aliphatic carboxylic acids is 4. The summed E-state index contributed by atoms with van der Waals surface area (Å²) < 4.78 is 3.25. The van der Waals surface area contributed by atoms with Crippen molar-refractivity contribution in [2.24, 2.45) is 0 Å². The van der Waals surface area contributed by atoms with E-state index in [4.69, 9.17) is 20.4 Å². The number of carbonyl (C=O) groups is 4. The van der Waals surface area contributed by atoms with E-state index in [0.717, 1.165) is 50.7 Å². The molecule has 0 spiro atoms. The molecule has 0 saturated heterocycles. The molecule has 0 aromatic rings. The van der Waals surface area contributed by atoms with Crippen molar-refractivity contribution >= 4 is 45.0 Å². The number of unbranched alkanes of at least 4 members (excludes halogenated alkanes) is 20. The number of hydrogen-bond acceptors (Lipinski definition) is 4. The molecule has 0 unspecified atom stereocenters. The van der Waals surface area contributed by atoms with Crippen LogP contribution in [0.5, 0.6) is 0 Å². The summed E-state index contributed by atoms with van der Waals surface area (Å²) in [6, 6.07) is 0. The van der Waals surface area contributed by atoms with Gasteiger partial charge in [-0.3, -0.25) is 0 Å². The van der Waals surface area contributed by atoms with E-state index < -0.39 is 23.9 Å². The van der Waals surface area contributed by atoms with Crippen LogP contribution < -0.4 is 0 Å². The van der Waals surface area contributed by atoms with Crippen molar-refractivity contribution in [1.29, 1.82) is 0 Å². The van der Waals surface area contributed by atoms with Crippen LogP contribution in [0.1, 0.15) is 195 Å². The Balaban J connectivity index is -0.000000695. The van der Waals surface area contributed by atoms with Gasteiger partial charge in [0.25, 0.3) is 0 Å².